The first-order chi connectivity index (χ1) is 6.40. The van der Waals surface area contributed by atoms with Crippen molar-refractivity contribution in [2.24, 2.45) is 0 Å². The van der Waals surface area contributed by atoms with Gasteiger partial charge in [0.15, 0.2) is 8.32 Å². The van der Waals surface area contributed by atoms with E-state index in [2.05, 4.69) is 115 Å². The van der Waals surface area contributed by atoms with Gasteiger partial charge in [-0.15, -0.1) is 0 Å². The third-order valence-electron chi connectivity index (χ3n) is 1.45. The van der Waals surface area contributed by atoms with Crippen LogP contribution in [0.25, 0.3) is 0 Å². The quantitative estimate of drug-likeness (QED) is 0.274. The van der Waals surface area contributed by atoms with Gasteiger partial charge in [0, 0.05) is 0 Å². The SMILES string of the molecule is C[Si](C)(C)OCC(Br)(Br)C(Br)(Br)C(Br)Br. The Hall–Kier alpha value is 3.06. The maximum atomic E-state index is 5.87. The van der Waals surface area contributed by atoms with Crippen LogP contribution in [0, 0.1) is 0 Å². The highest BCUT2D eigenvalue weighted by Gasteiger charge is 2.49. The van der Waals surface area contributed by atoms with Crippen LogP contribution in [0.4, 0.5) is 0 Å². The minimum absolute atomic E-state index is 0.0430. The number of halogens is 6. The molecular weight excluding hydrogens is 608 g/mol. The molecule has 0 saturated carbocycles. The molecule has 0 bridgehead atoms. The van der Waals surface area contributed by atoms with Gasteiger partial charge in [0.25, 0.3) is 0 Å². The summed E-state index contributed by atoms with van der Waals surface area (Å²) >= 11 is 21.4. The molecule has 0 aromatic rings. The van der Waals surface area contributed by atoms with E-state index in [1.807, 2.05) is 0 Å². The highest BCUT2D eigenvalue weighted by atomic mass is 79.9. The molecule has 15 heavy (non-hydrogen) atoms. The summed E-state index contributed by atoms with van der Waals surface area (Å²) in [7, 11) is -1.51. The molecular formula is C7H12Br6OSi. The number of rotatable bonds is 5. The first kappa shape index (κ1) is 18.1. The van der Waals surface area contributed by atoms with Gasteiger partial charge >= 0.3 is 0 Å². The molecule has 0 heterocycles. The zero-order valence-electron chi connectivity index (χ0n) is 8.46. The topological polar surface area (TPSA) is 9.23 Å². The molecule has 1 nitrogen and oxygen atoms in total. The Kier molecular flexibility index (Phi) is 7.80. The third kappa shape index (κ3) is 6.16. The maximum Gasteiger partial charge on any atom is 0.183 e. The Morgan fingerprint density at radius 1 is 1.07 bits per heavy atom. The second-order valence-electron chi connectivity index (χ2n) is 4.03. The lowest BCUT2D eigenvalue weighted by Crippen LogP contribution is -2.45. The molecule has 0 saturated heterocycles. The van der Waals surface area contributed by atoms with E-state index in [9.17, 15) is 0 Å². The van der Waals surface area contributed by atoms with Crippen LogP contribution in [0.15, 0.2) is 0 Å². The van der Waals surface area contributed by atoms with E-state index >= 15 is 0 Å². The highest BCUT2D eigenvalue weighted by molar-refractivity contribution is 9.32. The minimum atomic E-state index is -1.51. The molecule has 0 rings (SSSR count). The molecule has 0 aliphatic heterocycles. The molecule has 0 unspecified atom stereocenters. The fraction of sp³-hybridized carbons (Fsp3) is 1.00. The van der Waals surface area contributed by atoms with Crippen molar-refractivity contribution in [3.8, 4) is 0 Å². The number of hydrogen-bond acceptors (Lipinski definition) is 1. The van der Waals surface area contributed by atoms with Crippen molar-refractivity contribution in [1.82, 2.24) is 0 Å². The standard InChI is InChI=1S/C7H12Br6OSi/c1-15(2,3)14-4-6(10,11)7(12,13)5(8)9/h5H,4H2,1-3H3. The lowest BCUT2D eigenvalue weighted by Gasteiger charge is -2.37. The smallest absolute Gasteiger partial charge is 0.183 e. The van der Waals surface area contributed by atoms with E-state index in [1.54, 1.807) is 0 Å². The molecule has 0 aromatic carbocycles. The summed E-state index contributed by atoms with van der Waals surface area (Å²) in [6.45, 7) is 7.04. The number of hydrogen-bond donors (Lipinski definition) is 0. The Morgan fingerprint density at radius 3 is 1.73 bits per heavy atom. The summed E-state index contributed by atoms with van der Waals surface area (Å²) in [6, 6.07) is 0. The molecule has 92 valence electrons. The summed E-state index contributed by atoms with van der Waals surface area (Å²) in [5, 5.41) is 0. The van der Waals surface area contributed by atoms with Crippen LogP contribution in [0.2, 0.25) is 19.6 Å². The van der Waals surface area contributed by atoms with Crippen LogP contribution >= 0.6 is 95.6 Å². The predicted octanol–water partition coefficient (Wildman–Crippen LogP) is 5.93. The van der Waals surface area contributed by atoms with Gasteiger partial charge in [0.1, 0.15) is 6.47 Å². The van der Waals surface area contributed by atoms with Crippen molar-refractivity contribution in [3.63, 3.8) is 0 Å². The molecule has 0 N–H and O–H groups in total. The minimum Gasteiger partial charge on any atom is -0.415 e. The number of alkyl halides is 6. The summed E-state index contributed by atoms with van der Waals surface area (Å²) in [5.41, 5.74) is 0. The van der Waals surface area contributed by atoms with Crippen molar-refractivity contribution >= 4 is 104 Å². The van der Waals surface area contributed by atoms with E-state index in [-0.39, 0.29) is 3.74 Å². The molecule has 0 radical (unpaired) electrons. The van der Waals surface area contributed by atoms with E-state index in [0.29, 0.717) is 6.61 Å². The third-order valence-corrected chi connectivity index (χ3v) is 12.4. The fourth-order valence-corrected chi connectivity index (χ4v) is 4.56. The Labute approximate surface area is 143 Å². The van der Waals surface area contributed by atoms with Crippen molar-refractivity contribution in [2.75, 3.05) is 6.61 Å². The van der Waals surface area contributed by atoms with Gasteiger partial charge in [-0.05, 0) is 19.6 Å². The molecule has 0 aromatic heterocycles. The zero-order chi connectivity index (χ0) is 12.5. The van der Waals surface area contributed by atoms with Crippen molar-refractivity contribution < 1.29 is 4.43 Å². The second kappa shape index (κ2) is 6.48. The monoisotopic (exact) mass is 614 g/mol. The van der Waals surface area contributed by atoms with E-state index in [1.165, 1.54) is 0 Å². The molecule has 8 heteroatoms. The van der Waals surface area contributed by atoms with Crippen molar-refractivity contribution in [1.29, 1.82) is 0 Å². The predicted molar refractivity (Wildman–Crippen MR) is 92.1 cm³/mol. The van der Waals surface area contributed by atoms with Gasteiger partial charge in [-0.1, -0.05) is 95.6 Å². The molecule has 0 aliphatic rings. The molecule has 0 spiro atoms. The fourth-order valence-electron chi connectivity index (χ4n) is 0.563. The van der Waals surface area contributed by atoms with Crippen LogP contribution in [0.5, 0.6) is 0 Å². The molecule has 0 aliphatic carbocycles. The van der Waals surface area contributed by atoms with Gasteiger partial charge in [-0.2, -0.15) is 0 Å². The molecule has 0 amide bonds. The lowest BCUT2D eigenvalue weighted by molar-refractivity contribution is 0.303. The molecule has 0 fully saturated rings. The Morgan fingerprint density at radius 2 is 1.47 bits per heavy atom. The van der Waals surface area contributed by atoms with Crippen LogP contribution in [-0.4, -0.2) is 25.1 Å². The molecule has 0 atom stereocenters. The van der Waals surface area contributed by atoms with Gasteiger partial charge in [0.05, 0.1) is 10.3 Å². The normalized spacial score (nSPS) is 14.8. The van der Waals surface area contributed by atoms with Gasteiger partial charge in [0.2, 0.25) is 0 Å². The van der Waals surface area contributed by atoms with Gasteiger partial charge in [-0.3, -0.25) is 0 Å². The second-order valence-corrected chi connectivity index (χ2v) is 18.9. The highest BCUT2D eigenvalue weighted by Crippen LogP contribution is 2.54. The van der Waals surface area contributed by atoms with Gasteiger partial charge in [-0.25, -0.2) is 0 Å². The van der Waals surface area contributed by atoms with Crippen molar-refractivity contribution in [3.05, 3.63) is 0 Å². The lowest BCUT2D eigenvalue weighted by atomic mass is 10.3. The van der Waals surface area contributed by atoms with Crippen molar-refractivity contribution in [2.45, 2.75) is 29.8 Å². The van der Waals surface area contributed by atoms with E-state index in [4.69, 9.17) is 4.43 Å². The van der Waals surface area contributed by atoms with Crippen LogP contribution in [0.3, 0.4) is 0 Å². The van der Waals surface area contributed by atoms with Crippen LogP contribution in [0.1, 0.15) is 0 Å². The summed E-state index contributed by atoms with van der Waals surface area (Å²) < 4.78 is 5.12. The largest absolute Gasteiger partial charge is 0.415 e. The summed E-state index contributed by atoms with van der Waals surface area (Å²) in [4.78, 5) is 0. The van der Waals surface area contributed by atoms with Gasteiger partial charge < -0.3 is 4.43 Å². The first-order valence-electron chi connectivity index (χ1n) is 4.08. The summed E-state index contributed by atoms with van der Waals surface area (Å²) in [5.74, 6) is 0. The zero-order valence-corrected chi connectivity index (χ0v) is 19.0. The van der Waals surface area contributed by atoms with Crippen LogP contribution in [-0.2, 0) is 4.43 Å². The maximum absolute atomic E-state index is 5.87. The summed E-state index contributed by atoms with van der Waals surface area (Å²) in [6.07, 6.45) is 0. The first-order valence-corrected chi connectivity index (χ1v) is 12.5. The van der Waals surface area contributed by atoms with E-state index < -0.39 is 14.8 Å². The van der Waals surface area contributed by atoms with Crippen LogP contribution < -0.4 is 0 Å². The average Bonchev–Trinajstić information content (AvgIpc) is 1.99. The van der Waals surface area contributed by atoms with E-state index in [0.717, 1.165) is 0 Å². The average molecular weight is 620 g/mol. The Bertz CT molecular complexity index is 212. The Balaban J connectivity index is 4.55.